The molecule has 4 N–H and O–H groups in total. The zero-order chi connectivity index (χ0) is 12.1. The normalized spacial score (nSPS) is 13.3. The number of nitrogens with one attached hydrogen (secondary N) is 1. The molecule has 0 spiro atoms. The highest BCUT2D eigenvalue weighted by Gasteiger charge is 2.20. The number of aliphatic carboxylic acids is 1. The second-order valence-electron chi connectivity index (χ2n) is 4.59. The van der Waals surface area contributed by atoms with Crippen LogP contribution in [0.2, 0.25) is 0 Å². The summed E-state index contributed by atoms with van der Waals surface area (Å²) in [5.41, 5.74) is 4.90. The zero-order valence-electron chi connectivity index (χ0n) is 9.54. The summed E-state index contributed by atoms with van der Waals surface area (Å²) in [7, 11) is 0. The number of hydrogen-bond acceptors (Lipinski definition) is 3. The Morgan fingerprint density at radius 1 is 1.40 bits per heavy atom. The molecule has 0 aliphatic rings. The molecule has 0 aliphatic carbocycles. The van der Waals surface area contributed by atoms with Crippen LogP contribution in [0.25, 0.3) is 0 Å². The SMILES string of the molecule is CC(C)(C)C(=O)NCCC[C@H](N)C(=O)O. The maximum Gasteiger partial charge on any atom is 0.320 e. The Morgan fingerprint density at radius 3 is 2.33 bits per heavy atom. The number of carboxylic acids is 1. The first-order valence-corrected chi connectivity index (χ1v) is 5.02. The molecule has 0 rings (SSSR count). The van der Waals surface area contributed by atoms with Crippen LogP contribution >= 0.6 is 0 Å². The Bertz CT molecular complexity index is 233. The summed E-state index contributed by atoms with van der Waals surface area (Å²) in [4.78, 5) is 21.8. The van der Waals surface area contributed by atoms with Crippen molar-refractivity contribution < 1.29 is 14.7 Å². The van der Waals surface area contributed by atoms with Gasteiger partial charge in [-0.2, -0.15) is 0 Å². The highest BCUT2D eigenvalue weighted by Crippen LogP contribution is 2.12. The van der Waals surface area contributed by atoms with E-state index in [4.69, 9.17) is 10.8 Å². The number of carbonyl (C=O) groups excluding carboxylic acids is 1. The minimum Gasteiger partial charge on any atom is -0.480 e. The fraction of sp³-hybridized carbons (Fsp3) is 0.800. The van der Waals surface area contributed by atoms with E-state index in [-0.39, 0.29) is 5.91 Å². The molecule has 5 heteroatoms. The van der Waals surface area contributed by atoms with Crippen LogP contribution in [-0.4, -0.2) is 29.6 Å². The summed E-state index contributed by atoms with van der Waals surface area (Å²) in [5, 5.41) is 11.2. The Hall–Kier alpha value is -1.10. The third-order valence-corrected chi connectivity index (χ3v) is 1.98. The summed E-state index contributed by atoms with van der Waals surface area (Å²) in [6, 6.07) is -0.837. The van der Waals surface area contributed by atoms with Crippen LogP contribution in [0.3, 0.4) is 0 Å². The first-order valence-electron chi connectivity index (χ1n) is 5.02. The fourth-order valence-electron chi connectivity index (χ4n) is 0.913. The first-order chi connectivity index (χ1) is 6.75. The molecule has 0 aromatic rings. The molecule has 15 heavy (non-hydrogen) atoms. The third-order valence-electron chi connectivity index (χ3n) is 1.98. The highest BCUT2D eigenvalue weighted by molar-refractivity contribution is 5.81. The van der Waals surface area contributed by atoms with Gasteiger partial charge in [-0.05, 0) is 12.8 Å². The second kappa shape index (κ2) is 5.70. The van der Waals surface area contributed by atoms with Crippen molar-refractivity contribution in [1.82, 2.24) is 5.32 Å². The van der Waals surface area contributed by atoms with E-state index >= 15 is 0 Å². The molecule has 1 atom stereocenters. The molecule has 5 nitrogen and oxygen atoms in total. The molecule has 0 aliphatic heterocycles. The molecule has 0 heterocycles. The van der Waals surface area contributed by atoms with Crippen molar-refractivity contribution in [3.63, 3.8) is 0 Å². The number of hydrogen-bond donors (Lipinski definition) is 3. The van der Waals surface area contributed by atoms with E-state index in [1.54, 1.807) is 0 Å². The molecule has 0 aromatic carbocycles. The Kier molecular flexibility index (Phi) is 5.28. The minimum absolute atomic E-state index is 0.0357. The lowest BCUT2D eigenvalue weighted by atomic mass is 9.96. The minimum atomic E-state index is -1.00. The van der Waals surface area contributed by atoms with E-state index in [0.29, 0.717) is 19.4 Å². The lowest BCUT2D eigenvalue weighted by Gasteiger charge is -2.17. The molecule has 0 radical (unpaired) electrons. The largest absolute Gasteiger partial charge is 0.480 e. The van der Waals surface area contributed by atoms with Crippen LogP contribution in [0.5, 0.6) is 0 Å². The molecule has 88 valence electrons. The maximum atomic E-state index is 11.4. The van der Waals surface area contributed by atoms with Gasteiger partial charge in [0.1, 0.15) is 6.04 Å². The standard InChI is InChI=1S/C10H20N2O3/c1-10(2,3)9(15)12-6-4-5-7(11)8(13)14/h7H,4-6,11H2,1-3H3,(H,12,15)(H,13,14)/t7-/m0/s1. The molecule has 0 fully saturated rings. The van der Waals surface area contributed by atoms with Gasteiger partial charge < -0.3 is 16.2 Å². The molecule has 0 saturated carbocycles. The molecule has 0 unspecified atom stereocenters. The quantitative estimate of drug-likeness (QED) is 0.578. The van der Waals surface area contributed by atoms with Gasteiger partial charge >= 0.3 is 5.97 Å². The predicted octanol–water partition coefficient (Wildman–Crippen LogP) is 0.341. The molecular formula is C10H20N2O3. The number of carbonyl (C=O) groups is 2. The van der Waals surface area contributed by atoms with Crippen molar-refractivity contribution >= 4 is 11.9 Å². The first kappa shape index (κ1) is 13.9. The van der Waals surface area contributed by atoms with E-state index in [1.807, 2.05) is 20.8 Å². The van der Waals surface area contributed by atoms with Crippen LogP contribution in [0.4, 0.5) is 0 Å². The van der Waals surface area contributed by atoms with Gasteiger partial charge in [0.05, 0.1) is 0 Å². The van der Waals surface area contributed by atoms with Gasteiger partial charge in [-0.1, -0.05) is 20.8 Å². The van der Waals surface area contributed by atoms with Crippen LogP contribution in [-0.2, 0) is 9.59 Å². The van der Waals surface area contributed by atoms with Crippen LogP contribution in [0.1, 0.15) is 33.6 Å². The van der Waals surface area contributed by atoms with Crippen LogP contribution < -0.4 is 11.1 Å². The van der Waals surface area contributed by atoms with Crippen molar-refractivity contribution in [2.75, 3.05) is 6.54 Å². The van der Waals surface area contributed by atoms with Crippen molar-refractivity contribution in [3.05, 3.63) is 0 Å². The van der Waals surface area contributed by atoms with E-state index < -0.39 is 17.4 Å². The van der Waals surface area contributed by atoms with Gasteiger partial charge in [-0.25, -0.2) is 0 Å². The topological polar surface area (TPSA) is 92.4 Å². The number of amides is 1. The lowest BCUT2D eigenvalue weighted by molar-refractivity contribution is -0.138. The predicted molar refractivity (Wildman–Crippen MR) is 57.3 cm³/mol. The van der Waals surface area contributed by atoms with Gasteiger partial charge in [0.25, 0.3) is 0 Å². The summed E-state index contributed by atoms with van der Waals surface area (Å²) < 4.78 is 0. The van der Waals surface area contributed by atoms with Gasteiger partial charge in [-0.3, -0.25) is 9.59 Å². The molecule has 0 saturated heterocycles. The molecule has 0 aromatic heterocycles. The molecule has 1 amide bonds. The molecule has 0 bridgehead atoms. The summed E-state index contributed by atoms with van der Waals surface area (Å²) >= 11 is 0. The van der Waals surface area contributed by atoms with E-state index in [1.165, 1.54) is 0 Å². The van der Waals surface area contributed by atoms with Crippen molar-refractivity contribution in [3.8, 4) is 0 Å². The van der Waals surface area contributed by atoms with Crippen molar-refractivity contribution in [2.24, 2.45) is 11.1 Å². The second-order valence-corrected chi connectivity index (χ2v) is 4.59. The average molecular weight is 216 g/mol. The Balaban J connectivity index is 3.64. The Morgan fingerprint density at radius 2 is 1.93 bits per heavy atom. The van der Waals surface area contributed by atoms with Gasteiger partial charge in [0, 0.05) is 12.0 Å². The Labute approximate surface area is 90.0 Å². The fourth-order valence-corrected chi connectivity index (χ4v) is 0.913. The summed E-state index contributed by atoms with van der Waals surface area (Å²) in [5.74, 6) is -1.04. The zero-order valence-corrected chi connectivity index (χ0v) is 9.54. The molecular weight excluding hydrogens is 196 g/mol. The third kappa shape index (κ3) is 6.06. The van der Waals surface area contributed by atoms with Gasteiger partial charge in [0.2, 0.25) is 5.91 Å². The summed E-state index contributed by atoms with van der Waals surface area (Å²) in [6.45, 7) is 5.94. The van der Waals surface area contributed by atoms with Crippen LogP contribution in [0.15, 0.2) is 0 Å². The lowest BCUT2D eigenvalue weighted by Crippen LogP contribution is -2.36. The van der Waals surface area contributed by atoms with Crippen molar-refractivity contribution in [1.29, 1.82) is 0 Å². The average Bonchev–Trinajstić information content (AvgIpc) is 2.09. The number of nitrogens with two attached hydrogens (primary N) is 1. The summed E-state index contributed by atoms with van der Waals surface area (Å²) in [6.07, 6.45) is 0.953. The number of carboxylic acid groups (broad SMARTS) is 1. The van der Waals surface area contributed by atoms with E-state index in [9.17, 15) is 9.59 Å². The van der Waals surface area contributed by atoms with Gasteiger partial charge in [0.15, 0.2) is 0 Å². The van der Waals surface area contributed by atoms with Gasteiger partial charge in [-0.15, -0.1) is 0 Å². The van der Waals surface area contributed by atoms with E-state index in [2.05, 4.69) is 5.32 Å². The van der Waals surface area contributed by atoms with Crippen LogP contribution in [0, 0.1) is 5.41 Å². The van der Waals surface area contributed by atoms with E-state index in [0.717, 1.165) is 0 Å². The smallest absolute Gasteiger partial charge is 0.320 e. The monoisotopic (exact) mass is 216 g/mol. The number of rotatable bonds is 5. The van der Waals surface area contributed by atoms with Crippen molar-refractivity contribution in [2.45, 2.75) is 39.7 Å². The highest BCUT2D eigenvalue weighted by atomic mass is 16.4. The maximum absolute atomic E-state index is 11.4.